The highest BCUT2D eigenvalue weighted by Gasteiger charge is 1.98. The van der Waals surface area contributed by atoms with Crippen LogP contribution in [0.3, 0.4) is 0 Å². The first-order valence-corrected chi connectivity index (χ1v) is 2.41. The Balaban J connectivity index is 2.31. The minimum Gasteiger partial charge on any atom is -0.0991 e. The minimum atomic E-state index is 1.18. The van der Waals surface area contributed by atoms with Crippen molar-refractivity contribution in [3.8, 4) is 0 Å². The van der Waals surface area contributed by atoms with Gasteiger partial charge in [0, 0.05) is 0 Å². The summed E-state index contributed by atoms with van der Waals surface area (Å²) >= 11 is 0. The van der Waals surface area contributed by atoms with Crippen molar-refractivity contribution in [1.82, 2.24) is 0 Å². The average molecular weight is 92.1 g/mol. The molecule has 0 saturated carbocycles. The number of allylic oxidation sites excluding steroid dienone is 5. The highest BCUT2D eigenvalue weighted by molar-refractivity contribution is 5.34. The molecule has 0 aliphatic heterocycles. The molecule has 0 saturated heterocycles. The molecule has 0 atom stereocenters. The molecule has 36 valence electrons. The fourth-order valence-corrected chi connectivity index (χ4v) is 0.387. The summed E-state index contributed by atoms with van der Waals surface area (Å²) in [7, 11) is 0. The van der Waals surface area contributed by atoms with Gasteiger partial charge in [0.05, 0.1) is 0 Å². The van der Waals surface area contributed by atoms with Crippen molar-refractivity contribution in [2.24, 2.45) is 0 Å². The van der Waals surface area contributed by atoms with Crippen molar-refractivity contribution in [1.29, 1.82) is 0 Å². The lowest BCUT2D eigenvalue weighted by molar-refractivity contribution is 1.59. The van der Waals surface area contributed by atoms with Crippen molar-refractivity contribution >= 4 is 0 Å². The third-order valence-electron chi connectivity index (χ3n) is 0.886. The lowest BCUT2D eigenvalue weighted by Crippen LogP contribution is -1.46. The van der Waals surface area contributed by atoms with Gasteiger partial charge in [-0.05, 0) is 12.0 Å². The summed E-state index contributed by atoms with van der Waals surface area (Å²) in [6.07, 6.45) is 9.19. The fourth-order valence-electron chi connectivity index (χ4n) is 0.387. The molecule has 0 radical (unpaired) electrons. The van der Waals surface area contributed by atoms with Crippen LogP contribution < -0.4 is 0 Å². The molecule has 0 bridgehead atoms. The van der Waals surface area contributed by atoms with Crippen LogP contribution in [0.15, 0.2) is 36.5 Å². The molecule has 0 spiro atoms. The average Bonchev–Trinajstić information content (AvgIpc) is 2.42. The molecule has 7 heavy (non-hydrogen) atoms. The Morgan fingerprint density at radius 2 is 2.43 bits per heavy atom. The molecule has 1 aliphatic rings. The van der Waals surface area contributed by atoms with E-state index < -0.39 is 0 Å². The number of hydrogen-bond donors (Lipinski definition) is 0. The molecule has 1 rings (SSSR count). The van der Waals surface area contributed by atoms with Crippen molar-refractivity contribution in [3.05, 3.63) is 36.5 Å². The third kappa shape index (κ3) is 1.40. The van der Waals surface area contributed by atoms with Gasteiger partial charge in [-0.15, -0.1) is 0 Å². The Bertz CT molecular complexity index is 127. The van der Waals surface area contributed by atoms with Crippen LogP contribution in [0, 0.1) is 0 Å². The first-order chi connectivity index (χ1) is 3.43. The Labute approximate surface area is 43.9 Å². The van der Waals surface area contributed by atoms with E-state index in [0.29, 0.717) is 0 Å². The molecule has 0 amide bonds. The Hall–Kier alpha value is -0.780. The van der Waals surface area contributed by atoms with Crippen LogP contribution in [0.25, 0.3) is 0 Å². The number of rotatable bonds is 2. The molecule has 0 N–H and O–H groups in total. The predicted molar refractivity (Wildman–Crippen MR) is 32.0 cm³/mol. The lowest BCUT2D eigenvalue weighted by Gasteiger charge is -1.66. The monoisotopic (exact) mass is 92.1 g/mol. The first kappa shape index (κ1) is 4.38. The van der Waals surface area contributed by atoms with Gasteiger partial charge in [-0.2, -0.15) is 0 Å². The van der Waals surface area contributed by atoms with Gasteiger partial charge in [-0.1, -0.05) is 30.9 Å². The van der Waals surface area contributed by atoms with Gasteiger partial charge in [-0.3, -0.25) is 0 Å². The summed E-state index contributed by atoms with van der Waals surface area (Å²) in [6, 6.07) is 0. The highest BCUT2D eigenvalue weighted by Crippen LogP contribution is 2.18. The zero-order chi connectivity index (χ0) is 5.11. The lowest BCUT2D eigenvalue weighted by atomic mass is 10.4. The Morgan fingerprint density at radius 3 is 2.86 bits per heavy atom. The van der Waals surface area contributed by atoms with E-state index in [0.717, 1.165) is 0 Å². The Morgan fingerprint density at radius 1 is 1.71 bits per heavy atom. The van der Waals surface area contributed by atoms with E-state index in [1.807, 2.05) is 6.08 Å². The first-order valence-electron chi connectivity index (χ1n) is 2.41. The van der Waals surface area contributed by atoms with E-state index >= 15 is 0 Å². The summed E-state index contributed by atoms with van der Waals surface area (Å²) in [5.74, 6) is 0. The van der Waals surface area contributed by atoms with Crippen LogP contribution in [-0.2, 0) is 0 Å². The molecule has 0 heteroatoms. The highest BCUT2D eigenvalue weighted by atomic mass is 14.0. The van der Waals surface area contributed by atoms with Gasteiger partial charge < -0.3 is 0 Å². The fraction of sp³-hybridized carbons (Fsp3) is 0.143. The topological polar surface area (TPSA) is 0 Å². The molecular formula is C7H8. The van der Waals surface area contributed by atoms with Crippen molar-refractivity contribution in [3.63, 3.8) is 0 Å². The molecule has 1 aliphatic carbocycles. The SMILES string of the molecule is C=CC=CC1=CC1. The van der Waals surface area contributed by atoms with Gasteiger partial charge in [0.25, 0.3) is 0 Å². The molecule has 0 aromatic heterocycles. The van der Waals surface area contributed by atoms with Crippen LogP contribution >= 0.6 is 0 Å². The van der Waals surface area contributed by atoms with Crippen LogP contribution in [0.5, 0.6) is 0 Å². The second kappa shape index (κ2) is 1.78. The van der Waals surface area contributed by atoms with Crippen LogP contribution in [0.2, 0.25) is 0 Å². The molecule has 0 aromatic rings. The maximum absolute atomic E-state index is 3.55. The van der Waals surface area contributed by atoms with Gasteiger partial charge >= 0.3 is 0 Å². The van der Waals surface area contributed by atoms with E-state index in [1.165, 1.54) is 12.0 Å². The van der Waals surface area contributed by atoms with E-state index in [4.69, 9.17) is 0 Å². The third-order valence-corrected chi connectivity index (χ3v) is 0.886. The van der Waals surface area contributed by atoms with Gasteiger partial charge in [0.1, 0.15) is 0 Å². The molecule has 0 fully saturated rings. The second-order valence-corrected chi connectivity index (χ2v) is 1.58. The van der Waals surface area contributed by atoms with Crippen LogP contribution in [0.4, 0.5) is 0 Å². The van der Waals surface area contributed by atoms with E-state index in [1.54, 1.807) is 6.08 Å². The molecular weight excluding hydrogens is 84.1 g/mol. The summed E-state index contributed by atoms with van der Waals surface area (Å²) in [4.78, 5) is 0. The maximum atomic E-state index is 3.55. The van der Waals surface area contributed by atoms with Gasteiger partial charge in [-0.25, -0.2) is 0 Å². The quantitative estimate of drug-likeness (QED) is 0.457. The zero-order valence-corrected chi connectivity index (χ0v) is 4.22. The van der Waals surface area contributed by atoms with Crippen LogP contribution in [-0.4, -0.2) is 0 Å². The maximum Gasteiger partial charge on any atom is -0.00946 e. The smallest absolute Gasteiger partial charge is 0.00946 e. The van der Waals surface area contributed by atoms with E-state index in [2.05, 4.69) is 18.7 Å². The molecule has 0 aromatic carbocycles. The summed E-state index contributed by atoms with van der Waals surface area (Å²) in [5, 5.41) is 0. The van der Waals surface area contributed by atoms with Gasteiger partial charge in [0.15, 0.2) is 0 Å². The van der Waals surface area contributed by atoms with E-state index in [9.17, 15) is 0 Å². The summed E-state index contributed by atoms with van der Waals surface area (Å²) in [6.45, 7) is 3.55. The van der Waals surface area contributed by atoms with Crippen molar-refractivity contribution in [2.75, 3.05) is 0 Å². The van der Waals surface area contributed by atoms with Gasteiger partial charge in [0.2, 0.25) is 0 Å². The minimum absolute atomic E-state index is 1.18. The predicted octanol–water partition coefficient (Wildman–Crippen LogP) is 2.06. The van der Waals surface area contributed by atoms with E-state index in [-0.39, 0.29) is 0 Å². The normalized spacial score (nSPS) is 16.9. The molecule has 0 unspecified atom stereocenters. The number of hydrogen-bond acceptors (Lipinski definition) is 0. The zero-order valence-electron chi connectivity index (χ0n) is 4.22. The molecule has 0 nitrogen and oxygen atoms in total. The van der Waals surface area contributed by atoms with Crippen LogP contribution in [0.1, 0.15) is 6.42 Å². The summed E-state index contributed by atoms with van der Waals surface area (Å²) < 4.78 is 0. The van der Waals surface area contributed by atoms with Crippen molar-refractivity contribution in [2.45, 2.75) is 6.42 Å². The molecule has 0 heterocycles. The Kier molecular flexibility index (Phi) is 1.12. The summed E-state index contributed by atoms with van der Waals surface area (Å²) in [5.41, 5.74) is 1.43. The second-order valence-electron chi connectivity index (χ2n) is 1.58. The largest absolute Gasteiger partial charge is 0.0991 e. The van der Waals surface area contributed by atoms with Crippen molar-refractivity contribution < 1.29 is 0 Å². The standard InChI is InChI=1S/C7H8/c1-2-3-4-7-5-6-7/h2-5H,1,6H2.